The molecule has 9 heteroatoms. The second-order valence-corrected chi connectivity index (χ2v) is 8.69. The van der Waals surface area contributed by atoms with Crippen LogP contribution in [0.2, 0.25) is 5.02 Å². The fourth-order valence-electron chi connectivity index (χ4n) is 3.79. The van der Waals surface area contributed by atoms with Crippen molar-refractivity contribution < 1.29 is 32.2 Å². The molecule has 0 radical (unpaired) electrons. The van der Waals surface area contributed by atoms with Crippen LogP contribution in [0, 0.1) is 0 Å². The van der Waals surface area contributed by atoms with Gasteiger partial charge >= 0.3 is 18.2 Å². The van der Waals surface area contributed by atoms with E-state index in [1.54, 1.807) is 32.0 Å². The molecule has 3 rings (SSSR count). The number of hydrogen-bond donors (Lipinski definition) is 0. The van der Waals surface area contributed by atoms with Gasteiger partial charge in [0.15, 0.2) is 0 Å². The summed E-state index contributed by atoms with van der Waals surface area (Å²) in [5, 5.41) is 0.317. The molecular weight excluding hydrogens is 507 g/mol. The van der Waals surface area contributed by atoms with E-state index in [4.69, 9.17) is 21.1 Å². The highest BCUT2D eigenvalue weighted by Gasteiger charge is 2.31. The summed E-state index contributed by atoms with van der Waals surface area (Å²) < 4.78 is 51.0. The number of carbonyl (C=O) groups is 2. The van der Waals surface area contributed by atoms with Crippen LogP contribution in [-0.2, 0) is 40.0 Å². The standard InChI is InChI=1S/C28H27ClF3NO4/c1-3-33(27(35)37-18-19-8-6-5-7-9-19)17-22-15-23(28(30,31)32)10-11-25(22)21-12-20(13-24(29)16-21)14-26(34)36-4-2/h5-13,15-16H,3-4,14,17-18H2,1-2H3. The summed E-state index contributed by atoms with van der Waals surface area (Å²) in [7, 11) is 0. The molecule has 37 heavy (non-hydrogen) atoms. The Kier molecular flexibility index (Phi) is 9.58. The number of esters is 1. The van der Waals surface area contributed by atoms with Crippen molar-refractivity contribution in [1.82, 2.24) is 4.90 Å². The van der Waals surface area contributed by atoms with Crippen molar-refractivity contribution in [3.05, 3.63) is 94.0 Å². The average molecular weight is 534 g/mol. The largest absolute Gasteiger partial charge is 0.466 e. The Labute approximate surface area is 218 Å². The van der Waals surface area contributed by atoms with E-state index in [1.165, 1.54) is 11.0 Å². The number of nitrogens with zero attached hydrogens (tertiary/aromatic N) is 1. The van der Waals surface area contributed by atoms with Crippen LogP contribution in [0.5, 0.6) is 0 Å². The van der Waals surface area contributed by atoms with E-state index < -0.39 is 23.8 Å². The third-order valence-corrected chi connectivity index (χ3v) is 5.78. The fourth-order valence-corrected chi connectivity index (χ4v) is 4.05. The van der Waals surface area contributed by atoms with E-state index in [9.17, 15) is 22.8 Å². The maximum atomic E-state index is 13.6. The van der Waals surface area contributed by atoms with E-state index in [0.717, 1.165) is 17.7 Å². The van der Waals surface area contributed by atoms with Crippen molar-refractivity contribution in [1.29, 1.82) is 0 Å². The van der Waals surface area contributed by atoms with E-state index >= 15 is 0 Å². The third kappa shape index (κ3) is 7.98. The molecule has 0 saturated heterocycles. The Morgan fingerprint density at radius 2 is 1.65 bits per heavy atom. The lowest BCUT2D eigenvalue weighted by Crippen LogP contribution is -2.31. The van der Waals surface area contributed by atoms with Gasteiger partial charge in [0.25, 0.3) is 0 Å². The molecule has 0 fully saturated rings. The van der Waals surface area contributed by atoms with Gasteiger partial charge < -0.3 is 14.4 Å². The molecule has 196 valence electrons. The van der Waals surface area contributed by atoms with Crippen molar-refractivity contribution in [3.8, 4) is 11.1 Å². The second kappa shape index (κ2) is 12.6. The molecule has 0 aliphatic rings. The normalized spacial score (nSPS) is 11.2. The van der Waals surface area contributed by atoms with Crippen LogP contribution in [0.1, 0.15) is 36.1 Å². The lowest BCUT2D eigenvalue weighted by atomic mass is 9.95. The minimum Gasteiger partial charge on any atom is -0.466 e. The van der Waals surface area contributed by atoms with Crippen molar-refractivity contribution >= 4 is 23.7 Å². The first-order chi connectivity index (χ1) is 17.6. The summed E-state index contributed by atoms with van der Waals surface area (Å²) in [6, 6.07) is 17.3. The van der Waals surface area contributed by atoms with Gasteiger partial charge in [0, 0.05) is 18.1 Å². The number of ether oxygens (including phenoxy) is 2. The van der Waals surface area contributed by atoms with Crippen molar-refractivity contribution in [2.24, 2.45) is 0 Å². The number of carbonyl (C=O) groups excluding carboxylic acids is 2. The molecule has 0 bridgehead atoms. The van der Waals surface area contributed by atoms with Crippen molar-refractivity contribution in [2.75, 3.05) is 13.2 Å². The predicted molar refractivity (Wildman–Crippen MR) is 135 cm³/mol. The highest BCUT2D eigenvalue weighted by Crippen LogP contribution is 2.35. The molecule has 3 aromatic rings. The molecule has 0 unspecified atom stereocenters. The quantitative estimate of drug-likeness (QED) is 0.271. The van der Waals surface area contributed by atoms with Gasteiger partial charge in [-0.2, -0.15) is 13.2 Å². The first-order valence-corrected chi connectivity index (χ1v) is 12.1. The lowest BCUT2D eigenvalue weighted by molar-refractivity contribution is -0.142. The van der Waals surface area contributed by atoms with Gasteiger partial charge in [-0.1, -0.05) is 54.1 Å². The number of halogens is 4. The van der Waals surface area contributed by atoms with E-state index in [1.807, 2.05) is 30.3 Å². The van der Waals surface area contributed by atoms with Crippen LogP contribution in [-0.4, -0.2) is 30.1 Å². The van der Waals surface area contributed by atoms with Gasteiger partial charge in [-0.05, 0) is 65.9 Å². The van der Waals surface area contributed by atoms with Crippen LogP contribution in [0.4, 0.5) is 18.0 Å². The summed E-state index contributed by atoms with van der Waals surface area (Å²) in [4.78, 5) is 26.1. The minimum atomic E-state index is -4.57. The smallest absolute Gasteiger partial charge is 0.416 e. The summed E-state index contributed by atoms with van der Waals surface area (Å²) in [6.45, 7) is 3.77. The van der Waals surface area contributed by atoms with Crippen molar-refractivity contribution in [2.45, 2.75) is 39.6 Å². The molecule has 0 N–H and O–H groups in total. The van der Waals surface area contributed by atoms with E-state index in [-0.39, 0.29) is 38.3 Å². The number of amides is 1. The summed E-state index contributed by atoms with van der Waals surface area (Å²) >= 11 is 6.28. The summed E-state index contributed by atoms with van der Waals surface area (Å²) in [5.41, 5.74) is 1.74. The number of benzene rings is 3. The summed E-state index contributed by atoms with van der Waals surface area (Å²) in [6.07, 6.45) is -5.25. The van der Waals surface area contributed by atoms with Gasteiger partial charge in [0.1, 0.15) is 6.61 Å². The Hall–Kier alpha value is -3.52. The van der Waals surface area contributed by atoms with Crippen LogP contribution >= 0.6 is 11.6 Å². The van der Waals surface area contributed by atoms with Gasteiger partial charge in [-0.15, -0.1) is 0 Å². The van der Waals surface area contributed by atoms with Crippen LogP contribution in [0.15, 0.2) is 66.7 Å². The Balaban J connectivity index is 1.94. The average Bonchev–Trinajstić information content (AvgIpc) is 2.85. The van der Waals surface area contributed by atoms with Gasteiger partial charge in [-0.25, -0.2) is 4.79 Å². The molecule has 0 saturated carbocycles. The fraction of sp³-hybridized carbons (Fsp3) is 0.286. The van der Waals surface area contributed by atoms with Gasteiger partial charge in [0.05, 0.1) is 18.6 Å². The highest BCUT2D eigenvalue weighted by molar-refractivity contribution is 6.31. The highest BCUT2D eigenvalue weighted by atomic mass is 35.5. The number of alkyl halides is 3. The van der Waals surface area contributed by atoms with Crippen LogP contribution in [0.3, 0.4) is 0 Å². The maximum absolute atomic E-state index is 13.6. The minimum absolute atomic E-state index is 0.0374. The Bertz CT molecular complexity index is 1230. The molecule has 0 heterocycles. The third-order valence-electron chi connectivity index (χ3n) is 5.56. The first kappa shape index (κ1) is 28.1. The molecule has 0 aliphatic carbocycles. The maximum Gasteiger partial charge on any atom is 0.416 e. The molecule has 0 atom stereocenters. The molecule has 0 aliphatic heterocycles. The second-order valence-electron chi connectivity index (χ2n) is 8.25. The molecule has 3 aromatic carbocycles. The first-order valence-electron chi connectivity index (χ1n) is 11.7. The van der Waals surface area contributed by atoms with Crippen molar-refractivity contribution in [3.63, 3.8) is 0 Å². The van der Waals surface area contributed by atoms with Crippen LogP contribution in [0.25, 0.3) is 11.1 Å². The predicted octanol–water partition coefficient (Wildman–Crippen LogP) is 7.29. The zero-order chi connectivity index (χ0) is 27.0. The van der Waals surface area contributed by atoms with Crippen LogP contribution < -0.4 is 0 Å². The van der Waals surface area contributed by atoms with E-state index in [2.05, 4.69) is 0 Å². The zero-order valence-corrected chi connectivity index (χ0v) is 21.2. The molecule has 0 spiro atoms. The molecule has 5 nitrogen and oxygen atoms in total. The molecule has 1 amide bonds. The lowest BCUT2D eigenvalue weighted by Gasteiger charge is -2.23. The molecular formula is C28H27ClF3NO4. The molecule has 0 aromatic heterocycles. The van der Waals surface area contributed by atoms with E-state index in [0.29, 0.717) is 21.7 Å². The zero-order valence-electron chi connectivity index (χ0n) is 20.5. The Morgan fingerprint density at radius 3 is 2.30 bits per heavy atom. The number of hydrogen-bond acceptors (Lipinski definition) is 4. The monoisotopic (exact) mass is 533 g/mol. The Morgan fingerprint density at radius 1 is 0.919 bits per heavy atom. The summed E-state index contributed by atoms with van der Waals surface area (Å²) in [5.74, 6) is -0.443. The van der Waals surface area contributed by atoms with Gasteiger partial charge in [0.2, 0.25) is 0 Å². The topological polar surface area (TPSA) is 55.8 Å². The van der Waals surface area contributed by atoms with Gasteiger partial charge in [-0.3, -0.25) is 4.79 Å². The number of rotatable bonds is 9. The SMILES string of the molecule is CCOC(=O)Cc1cc(Cl)cc(-c2ccc(C(F)(F)F)cc2CN(CC)C(=O)OCc2ccccc2)c1.